The molecule has 162 valence electrons. The van der Waals surface area contributed by atoms with E-state index in [-0.39, 0.29) is 17.4 Å². The van der Waals surface area contributed by atoms with E-state index in [1.165, 1.54) is 0 Å². The largest absolute Gasteiger partial charge is 0.356 e. The second-order valence-electron chi connectivity index (χ2n) is 8.31. The molecule has 1 atom stereocenters. The number of nitrogens with one attached hydrogen (secondary N) is 2. The average Bonchev–Trinajstić information content (AvgIpc) is 3.29. The van der Waals surface area contributed by atoms with Crippen LogP contribution in [-0.2, 0) is 29.5 Å². The fourth-order valence-corrected chi connectivity index (χ4v) is 4.47. The van der Waals surface area contributed by atoms with Crippen molar-refractivity contribution in [1.82, 2.24) is 20.2 Å². The molecule has 1 unspecified atom stereocenters. The van der Waals surface area contributed by atoms with Crippen LogP contribution in [0.5, 0.6) is 0 Å². The number of halogens is 1. The van der Waals surface area contributed by atoms with E-state index in [2.05, 4.69) is 20.2 Å². The number of para-hydroxylation sites is 2. The topological polar surface area (TPSA) is 76.0 Å². The zero-order chi connectivity index (χ0) is 21.8. The summed E-state index contributed by atoms with van der Waals surface area (Å²) in [5, 5.41) is 6.82. The predicted molar refractivity (Wildman–Crippen MR) is 122 cm³/mol. The number of rotatable bonds is 8. The molecule has 1 saturated heterocycles. The Labute approximate surface area is 187 Å². The lowest BCUT2D eigenvalue weighted by molar-refractivity contribution is -0.122. The number of aryl methyl sites for hydroxylation is 1. The molecule has 1 aliphatic heterocycles. The van der Waals surface area contributed by atoms with Gasteiger partial charge in [0.25, 0.3) is 0 Å². The first kappa shape index (κ1) is 21.4. The van der Waals surface area contributed by atoms with Gasteiger partial charge < -0.3 is 15.2 Å². The van der Waals surface area contributed by atoms with E-state index >= 15 is 0 Å². The molecule has 1 aliphatic rings. The number of imidazole rings is 1. The van der Waals surface area contributed by atoms with Gasteiger partial charge in [-0.1, -0.05) is 35.9 Å². The van der Waals surface area contributed by atoms with E-state index in [1.807, 2.05) is 55.6 Å². The van der Waals surface area contributed by atoms with Gasteiger partial charge in [0.2, 0.25) is 11.8 Å². The van der Waals surface area contributed by atoms with Crippen molar-refractivity contribution in [3.05, 3.63) is 64.9 Å². The monoisotopic (exact) mass is 438 g/mol. The summed E-state index contributed by atoms with van der Waals surface area (Å²) in [5.74, 6) is 0.996. The van der Waals surface area contributed by atoms with E-state index in [0.717, 1.165) is 28.8 Å². The van der Waals surface area contributed by atoms with Crippen LogP contribution < -0.4 is 10.6 Å². The number of carbonyl (C=O) groups excluding carboxylic acids is 2. The summed E-state index contributed by atoms with van der Waals surface area (Å²) in [4.78, 5) is 29.1. The molecule has 0 saturated carbocycles. The summed E-state index contributed by atoms with van der Waals surface area (Å²) in [6.45, 7) is 0.534. The van der Waals surface area contributed by atoms with Gasteiger partial charge in [-0.05, 0) is 49.1 Å². The predicted octanol–water partition coefficient (Wildman–Crippen LogP) is 3.56. The van der Waals surface area contributed by atoms with Crippen molar-refractivity contribution < 1.29 is 9.59 Å². The van der Waals surface area contributed by atoms with Crippen molar-refractivity contribution >= 4 is 34.4 Å². The summed E-state index contributed by atoms with van der Waals surface area (Å²) in [5.41, 5.74) is 2.78. The van der Waals surface area contributed by atoms with Crippen LogP contribution in [0.2, 0.25) is 5.02 Å². The molecule has 2 heterocycles. The number of fused-ring (bicyclic) bond motifs is 1. The first-order chi connectivity index (χ1) is 14.9. The zero-order valence-corrected chi connectivity index (χ0v) is 18.4. The highest BCUT2D eigenvalue weighted by atomic mass is 35.5. The second-order valence-corrected chi connectivity index (χ2v) is 8.74. The highest BCUT2D eigenvalue weighted by Gasteiger charge is 2.37. The van der Waals surface area contributed by atoms with E-state index in [0.29, 0.717) is 43.7 Å². The zero-order valence-electron chi connectivity index (χ0n) is 17.7. The van der Waals surface area contributed by atoms with Crippen LogP contribution in [0.15, 0.2) is 48.5 Å². The maximum atomic E-state index is 12.5. The fourth-order valence-electron chi connectivity index (χ4n) is 4.35. The van der Waals surface area contributed by atoms with Gasteiger partial charge in [0.1, 0.15) is 5.82 Å². The minimum Gasteiger partial charge on any atom is -0.356 e. The fraction of sp³-hybridized carbons (Fsp3) is 0.375. The number of amides is 2. The molecule has 31 heavy (non-hydrogen) atoms. The van der Waals surface area contributed by atoms with Gasteiger partial charge in [-0.25, -0.2) is 4.98 Å². The molecule has 6 nitrogen and oxygen atoms in total. The van der Waals surface area contributed by atoms with Crippen LogP contribution in [0.3, 0.4) is 0 Å². The van der Waals surface area contributed by atoms with Gasteiger partial charge in [0.15, 0.2) is 0 Å². The summed E-state index contributed by atoms with van der Waals surface area (Å²) < 4.78 is 2.07. The molecule has 4 rings (SSSR count). The molecule has 2 N–H and O–H groups in total. The molecule has 0 aliphatic carbocycles. The molecule has 2 aromatic carbocycles. The molecular formula is C24H27ClN4O2. The van der Waals surface area contributed by atoms with Gasteiger partial charge in [0, 0.05) is 43.4 Å². The minimum atomic E-state index is -0.375. The van der Waals surface area contributed by atoms with Crippen molar-refractivity contribution in [3.63, 3.8) is 0 Å². The third-order valence-electron chi connectivity index (χ3n) is 6.07. The normalized spacial score (nSPS) is 18.3. The number of hydrogen-bond donors (Lipinski definition) is 2. The molecule has 0 bridgehead atoms. The van der Waals surface area contributed by atoms with Gasteiger partial charge in [-0.2, -0.15) is 0 Å². The molecule has 3 aromatic rings. The summed E-state index contributed by atoms with van der Waals surface area (Å²) in [6, 6.07) is 15.7. The van der Waals surface area contributed by atoms with Crippen LogP contribution in [-0.4, -0.2) is 33.4 Å². The number of hydrogen-bond acceptors (Lipinski definition) is 3. The van der Waals surface area contributed by atoms with E-state index in [9.17, 15) is 9.59 Å². The Morgan fingerprint density at radius 3 is 2.71 bits per heavy atom. The maximum absolute atomic E-state index is 12.5. The number of benzene rings is 2. The average molecular weight is 439 g/mol. The SMILES string of the molecule is Cn1c(CCNC(=O)CCC2(Cc3ccc(Cl)cc3)CCC(=O)N2)nc2ccccc21. The third-order valence-corrected chi connectivity index (χ3v) is 6.32. The molecule has 0 spiro atoms. The van der Waals surface area contributed by atoms with Gasteiger partial charge in [-0.3, -0.25) is 9.59 Å². The smallest absolute Gasteiger partial charge is 0.220 e. The Hall–Kier alpha value is -2.86. The first-order valence-corrected chi connectivity index (χ1v) is 11.0. The highest BCUT2D eigenvalue weighted by molar-refractivity contribution is 6.30. The van der Waals surface area contributed by atoms with Gasteiger partial charge in [0.05, 0.1) is 11.0 Å². The van der Waals surface area contributed by atoms with Gasteiger partial charge in [-0.15, -0.1) is 0 Å². The quantitative estimate of drug-likeness (QED) is 0.564. The Kier molecular flexibility index (Phi) is 6.28. The van der Waals surface area contributed by atoms with Gasteiger partial charge >= 0.3 is 0 Å². The summed E-state index contributed by atoms with van der Waals surface area (Å²) in [7, 11) is 2.00. The summed E-state index contributed by atoms with van der Waals surface area (Å²) in [6.07, 6.45) is 3.59. The first-order valence-electron chi connectivity index (χ1n) is 10.7. The molecule has 2 amide bonds. The Morgan fingerprint density at radius 2 is 2.00 bits per heavy atom. The van der Waals surface area contributed by atoms with Crippen molar-refractivity contribution in [2.45, 2.75) is 44.1 Å². The Bertz CT molecular complexity index is 1090. The Morgan fingerprint density at radius 1 is 1.23 bits per heavy atom. The lowest BCUT2D eigenvalue weighted by Crippen LogP contribution is -2.44. The van der Waals surface area contributed by atoms with Crippen LogP contribution in [0, 0.1) is 0 Å². The number of aromatic nitrogens is 2. The number of carbonyl (C=O) groups is 2. The molecule has 1 aromatic heterocycles. The highest BCUT2D eigenvalue weighted by Crippen LogP contribution is 2.30. The van der Waals surface area contributed by atoms with E-state index < -0.39 is 0 Å². The standard InChI is InChI=1S/C24H27ClN4O2/c1-29-20-5-3-2-4-19(20)27-21(29)12-15-26-22(30)10-13-24(14-11-23(31)28-24)16-17-6-8-18(25)9-7-17/h2-9H,10-16H2,1H3,(H,26,30)(H,28,31). The maximum Gasteiger partial charge on any atom is 0.220 e. The second kappa shape index (κ2) is 9.10. The minimum absolute atomic E-state index is 0.00426. The Balaban J connectivity index is 1.31. The van der Waals surface area contributed by atoms with Crippen LogP contribution in [0.25, 0.3) is 11.0 Å². The van der Waals surface area contributed by atoms with Crippen LogP contribution >= 0.6 is 11.6 Å². The number of nitrogens with zero attached hydrogens (tertiary/aromatic N) is 2. The van der Waals surface area contributed by atoms with Crippen LogP contribution in [0.4, 0.5) is 0 Å². The molecular weight excluding hydrogens is 412 g/mol. The van der Waals surface area contributed by atoms with E-state index in [4.69, 9.17) is 11.6 Å². The van der Waals surface area contributed by atoms with Crippen molar-refractivity contribution in [2.75, 3.05) is 6.54 Å². The van der Waals surface area contributed by atoms with E-state index in [1.54, 1.807) is 0 Å². The van der Waals surface area contributed by atoms with Crippen molar-refractivity contribution in [3.8, 4) is 0 Å². The van der Waals surface area contributed by atoms with Crippen molar-refractivity contribution in [1.29, 1.82) is 0 Å². The third kappa shape index (κ3) is 5.07. The molecule has 1 fully saturated rings. The summed E-state index contributed by atoms with van der Waals surface area (Å²) >= 11 is 5.99. The lowest BCUT2D eigenvalue weighted by Gasteiger charge is -2.29. The lowest BCUT2D eigenvalue weighted by atomic mass is 9.85. The molecule has 7 heteroatoms. The van der Waals surface area contributed by atoms with Crippen LogP contribution in [0.1, 0.15) is 37.1 Å². The van der Waals surface area contributed by atoms with Crippen molar-refractivity contribution in [2.24, 2.45) is 7.05 Å². The molecule has 0 radical (unpaired) electrons.